The number of nitrogens with zero attached hydrogens (tertiary/aromatic N) is 1. The van der Waals surface area contributed by atoms with E-state index in [-0.39, 0.29) is 11.2 Å². The smallest absolute Gasteiger partial charge is 0.163 e. The number of benzene rings is 1. The lowest BCUT2D eigenvalue weighted by Gasteiger charge is -2.40. The Labute approximate surface area is 112 Å². The average Bonchev–Trinajstić information content (AvgIpc) is 2.42. The summed E-state index contributed by atoms with van der Waals surface area (Å²) in [6.07, 6.45) is 5.72. The van der Waals surface area contributed by atoms with Crippen LogP contribution in [0.4, 0.5) is 0 Å². The standard InChI is InChI=1S/C16H18N2O/c17-11-16(6-2-7-16)10-15(19)13-4-5-14-12(9-13)3-1-8-18-14/h1,3-5,8-9H,2,6-7,10-11,17H2. The number of carbonyl (C=O) groups excluding carboxylic acids is 1. The van der Waals surface area contributed by atoms with E-state index in [1.54, 1.807) is 6.20 Å². The van der Waals surface area contributed by atoms with E-state index in [0.29, 0.717) is 13.0 Å². The molecule has 1 saturated carbocycles. The van der Waals surface area contributed by atoms with Crippen molar-refractivity contribution in [2.45, 2.75) is 25.7 Å². The normalized spacial score (nSPS) is 17.1. The molecule has 0 radical (unpaired) electrons. The van der Waals surface area contributed by atoms with Gasteiger partial charge in [-0.1, -0.05) is 12.5 Å². The third-order valence-electron chi connectivity index (χ3n) is 4.31. The van der Waals surface area contributed by atoms with Gasteiger partial charge in [0.25, 0.3) is 0 Å². The topological polar surface area (TPSA) is 56.0 Å². The molecule has 1 heterocycles. The Morgan fingerprint density at radius 2 is 2.16 bits per heavy atom. The first-order valence-corrected chi connectivity index (χ1v) is 6.81. The largest absolute Gasteiger partial charge is 0.330 e. The second-order valence-electron chi connectivity index (χ2n) is 5.57. The van der Waals surface area contributed by atoms with Crippen molar-refractivity contribution in [1.82, 2.24) is 4.98 Å². The van der Waals surface area contributed by atoms with Gasteiger partial charge in [-0.2, -0.15) is 0 Å². The first-order valence-electron chi connectivity index (χ1n) is 6.81. The number of ketones is 1. The first-order chi connectivity index (χ1) is 9.22. The van der Waals surface area contributed by atoms with Gasteiger partial charge >= 0.3 is 0 Å². The van der Waals surface area contributed by atoms with E-state index in [0.717, 1.165) is 29.3 Å². The van der Waals surface area contributed by atoms with Crippen LogP contribution in [0.3, 0.4) is 0 Å². The van der Waals surface area contributed by atoms with Gasteiger partial charge in [-0.05, 0) is 49.1 Å². The zero-order chi connectivity index (χ0) is 13.3. The van der Waals surface area contributed by atoms with E-state index in [1.807, 2.05) is 30.3 Å². The molecule has 0 aliphatic heterocycles. The second kappa shape index (κ2) is 4.74. The Kier molecular flexibility index (Phi) is 3.07. The van der Waals surface area contributed by atoms with Crippen molar-refractivity contribution < 1.29 is 4.79 Å². The van der Waals surface area contributed by atoms with Crippen LogP contribution in [-0.4, -0.2) is 17.3 Å². The van der Waals surface area contributed by atoms with E-state index >= 15 is 0 Å². The summed E-state index contributed by atoms with van der Waals surface area (Å²) in [6, 6.07) is 9.61. The maximum absolute atomic E-state index is 12.4. The zero-order valence-electron chi connectivity index (χ0n) is 10.9. The van der Waals surface area contributed by atoms with Crippen molar-refractivity contribution in [1.29, 1.82) is 0 Å². The number of pyridine rings is 1. The fraction of sp³-hybridized carbons (Fsp3) is 0.375. The minimum Gasteiger partial charge on any atom is -0.330 e. The Morgan fingerprint density at radius 3 is 2.84 bits per heavy atom. The van der Waals surface area contributed by atoms with Crippen molar-refractivity contribution >= 4 is 16.7 Å². The third kappa shape index (κ3) is 2.26. The number of aromatic nitrogens is 1. The minimum absolute atomic E-state index is 0.0704. The summed E-state index contributed by atoms with van der Waals surface area (Å²) in [4.78, 5) is 16.6. The molecule has 0 spiro atoms. The Morgan fingerprint density at radius 1 is 1.32 bits per heavy atom. The molecule has 2 N–H and O–H groups in total. The van der Waals surface area contributed by atoms with Gasteiger partial charge < -0.3 is 5.73 Å². The molecular weight excluding hydrogens is 236 g/mol. The van der Waals surface area contributed by atoms with Crippen LogP contribution in [0.5, 0.6) is 0 Å². The highest BCUT2D eigenvalue weighted by atomic mass is 16.1. The van der Waals surface area contributed by atoms with Crippen molar-refractivity contribution in [3.8, 4) is 0 Å². The first kappa shape index (κ1) is 12.3. The Bertz CT molecular complexity index is 611. The maximum Gasteiger partial charge on any atom is 0.163 e. The van der Waals surface area contributed by atoms with Gasteiger partial charge in [0, 0.05) is 23.6 Å². The highest BCUT2D eigenvalue weighted by molar-refractivity contribution is 5.99. The lowest BCUT2D eigenvalue weighted by atomic mass is 9.65. The van der Waals surface area contributed by atoms with Crippen LogP contribution >= 0.6 is 0 Å². The fourth-order valence-electron chi connectivity index (χ4n) is 2.82. The molecule has 0 saturated heterocycles. The quantitative estimate of drug-likeness (QED) is 0.853. The summed E-state index contributed by atoms with van der Waals surface area (Å²) in [5.74, 6) is 0.205. The molecule has 1 fully saturated rings. The molecule has 1 aliphatic carbocycles. The zero-order valence-corrected chi connectivity index (χ0v) is 10.9. The van der Waals surface area contributed by atoms with Gasteiger partial charge in [-0.15, -0.1) is 0 Å². The minimum atomic E-state index is 0.0704. The molecule has 0 bridgehead atoms. The van der Waals surface area contributed by atoms with Crippen LogP contribution < -0.4 is 5.73 Å². The Hall–Kier alpha value is -1.74. The van der Waals surface area contributed by atoms with Crippen LogP contribution in [0, 0.1) is 5.41 Å². The lowest BCUT2D eigenvalue weighted by Crippen LogP contribution is -2.39. The molecule has 98 valence electrons. The van der Waals surface area contributed by atoms with Gasteiger partial charge in [0.05, 0.1) is 5.52 Å². The van der Waals surface area contributed by atoms with Gasteiger partial charge in [0.1, 0.15) is 0 Å². The molecule has 1 aromatic carbocycles. The summed E-state index contributed by atoms with van der Waals surface area (Å²) in [5.41, 5.74) is 7.60. The predicted molar refractivity (Wildman–Crippen MR) is 76.0 cm³/mol. The van der Waals surface area contributed by atoms with E-state index in [9.17, 15) is 4.79 Å². The van der Waals surface area contributed by atoms with E-state index in [4.69, 9.17) is 5.73 Å². The highest BCUT2D eigenvalue weighted by Crippen LogP contribution is 2.43. The Balaban J connectivity index is 1.85. The van der Waals surface area contributed by atoms with Crippen LogP contribution in [0.15, 0.2) is 36.5 Å². The predicted octanol–water partition coefficient (Wildman–Crippen LogP) is 2.94. The highest BCUT2D eigenvalue weighted by Gasteiger charge is 2.37. The number of hydrogen-bond acceptors (Lipinski definition) is 3. The molecule has 3 nitrogen and oxygen atoms in total. The molecule has 1 aliphatic rings. The van der Waals surface area contributed by atoms with Crippen molar-refractivity contribution in [3.05, 3.63) is 42.1 Å². The van der Waals surface area contributed by atoms with Crippen molar-refractivity contribution in [2.75, 3.05) is 6.54 Å². The molecule has 2 aromatic rings. The molecule has 19 heavy (non-hydrogen) atoms. The number of Topliss-reactive ketones (excluding diaryl/α,β-unsaturated/α-hetero) is 1. The second-order valence-corrected chi connectivity index (χ2v) is 5.57. The van der Waals surface area contributed by atoms with Crippen LogP contribution in [-0.2, 0) is 0 Å². The molecule has 0 amide bonds. The van der Waals surface area contributed by atoms with Gasteiger partial charge in [-0.3, -0.25) is 9.78 Å². The molecule has 0 atom stereocenters. The van der Waals surface area contributed by atoms with Crippen molar-refractivity contribution in [2.24, 2.45) is 11.1 Å². The summed E-state index contributed by atoms with van der Waals surface area (Å²) < 4.78 is 0. The lowest BCUT2D eigenvalue weighted by molar-refractivity contribution is 0.0786. The SMILES string of the molecule is NCC1(CC(=O)c2ccc3ncccc3c2)CCC1. The number of carbonyl (C=O) groups is 1. The van der Waals surface area contributed by atoms with Crippen molar-refractivity contribution in [3.63, 3.8) is 0 Å². The van der Waals surface area contributed by atoms with Gasteiger partial charge in [0.15, 0.2) is 5.78 Å². The summed E-state index contributed by atoms with van der Waals surface area (Å²) in [5, 5.41) is 1.02. The number of hydrogen-bond donors (Lipinski definition) is 1. The maximum atomic E-state index is 12.4. The third-order valence-corrected chi connectivity index (χ3v) is 4.31. The molecule has 3 heteroatoms. The molecule has 1 aromatic heterocycles. The number of rotatable bonds is 4. The fourth-order valence-corrected chi connectivity index (χ4v) is 2.82. The average molecular weight is 254 g/mol. The van der Waals surface area contributed by atoms with E-state index in [1.165, 1.54) is 6.42 Å². The molecule has 0 unspecified atom stereocenters. The number of nitrogens with two attached hydrogens (primary N) is 1. The van der Waals surface area contributed by atoms with Crippen LogP contribution in [0.2, 0.25) is 0 Å². The summed E-state index contributed by atoms with van der Waals surface area (Å²) >= 11 is 0. The number of fused-ring (bicyclic) bond motifs is 1. The van der Waals surface area contributed by atoms with Crippen LogP contribution in [0.25, 0.3) is 10.9 Å². The monoisotopic (exact) mass is 254 g/mol. The summed E-state index contributed by atoms with van der Waals surface area (Å²) in [7, 11) is 0. The van der Waals surface area contributed by atoms with E-state index in [2.05, 4.69) is 4.98 Å². The van der Waals surface area contributed by atoms with E-state index < -0.39 is 0 Å². The van der Waals surface area contributed by atoms with Gasteiger partial charge in [-0.25, -0.2) is 0 Å². The van der Waals surface area contributed by atoms with Crippen LogP contribution in [0.1, 0.15) is 36.0 Å². The molecular formula is C16H18N2O. The van der Waals surface area contributed by atoms with Gasteiger partial charge in [0.2, 0.25) is 0 Å². The summed E-state index contributed by atoms with van der Waals surface area (Å²) in [6.45, 7) is 0.619. The molecule has 3 rings (SSSR count).